The van der Waals surface area contributed by atoms with Gasteiger partial charge in [-0.25, -0.2) is 4.98 Å². The third kappa shape index (κ3) is 4.80. The van der Waals surface area contributed by atoms with Crippen LogP contribution in [-0.4, -0.2) is 48.3 Å². The number of nitrogens with zero attached hydrogens (tertiary/aromatic N) is 3. The number of carbonyl (C=O) groups excluding carboxylic acids is 2. The third-order valence-electron chi connectivity index (χ3n) is 6.47. The molecule has 37 heavy (non-hydrogen) atoms. The van der Waals surface area contributed by atoms with Crippen molar-refractivity contribution in [1.29, 1.82) is 0 Å². The molecule has 5 rings (SSSR count). The fourth-order valence-electron chi connectivity index (χ4n) is 4.75. The molecule has 2 heterocycles. The first-order valence-electron chi connectivity index (χ1n) is 12.3. The van der Waals surface area contributed by atoms with E-state index in [1.165, 1.54) is 4.90 Å². The Balaban J connectivity index is 1.56. The lowest BCUT2D eigenvalue weighted by Crippen LogP contribution is -2.51. The monoisotopic (exact) mass is 499 g/mol. The fourth-order valence-corrected chi connectivity index (χ4v) is 4.75. The number of hydrogen-bond acceptors (Lipinski definition) is 6. The summed E-state index contributed by atoms with van der Waals surface area (Å²) >= 11 is 0. The normalized spacial score (nSPS) is 17.0. The Hall–Kier alpha value is -4.17. The van der Waals surface area contributed by atoms with E-state index in [-0.39, 0.29) is 19.1 Å². The molecule has 2 atom stereocenters. The van der Waals surface area contributed by atoms with E-state index in [4.69, 9.17) is 19.2 Å². The number of esters is 1. The molecule has 0 bridgehead atoms. The van der Waals surface area contributed by atoms with Crippen LogP contribution in [0.15, 0.2) is 78.9 Å². The predicted molar refractivity (Wildman–Crippen MR) is 139 cm³/mol. The van der Waals surface area contributed by atoms with E-state index in [0.29, 0.717) is 24.9 Å². The van der Waals surface area contributed by atoms with Gasteiger partial charge in [-0.2, -0.15) is 0 Å². The Morgan fingerprint density at radius 1 is 0.973 bits per heavy atom. The van der Waals surface area contributed by atoms with Gasteiger partial charge in [0.25, 0.3) is 0 Å². The van der Waals surface area contributed by atoms with Crippen LogP contribution in [0, 0.1) is 5.92 Å². The molecule has 0 unspecified atom stereocenters. The molecule has 3 aromatic carbocycles. The van der Waals surface area contributed by atoms with Gasteiger partial charge in [0.05, 0.1) is 36.8 Å². The molecule has 4 aromatic rings. The standard InChI is InChI=1S/C29H29N3O5/c1-3-36-28(34)25-26(21-13-15-22(16-14-21)37-19-20-9-5-4-6-10-20)32-24-12-8-7-11-23(24)30-29(32)31(27(25)33)17-18-35-2/h4-16,25-26H,3,17-19H2,1-2H3/t25-,26+/m1/s1. The molecule has 0 spiro atoms. The minimum Gasteiger partial charge on any atom is -0.489 e. The summed E-state index contributed by atoms with van der Waals surface area (Å²) in [5.74, 6) is -0.809. The maximum atomic E-state index is 13.8. The van der Waals surface area contributed by atoms with Gasteiger partial charge in [0.2, 0.25) is 11.9 Å². The molecule has 1 aromatic heterocycles. The highest BCUT2D eigenvalue weighted by Crippen LogP contribution is 2.41. The summed E-state index contributed by atoms with van der Waals surface area (Å²) in [4.78, 5) is 33.3. The third-order valence-corrected chi connectivity index (χ3v) is 6.47. The Morgan fingerprint density at radius 3 is 2.43 bits per heavy atom. The molecule has 0 aliphatic carbocycles. The molecule has 8 heteroatoms. The number of anilines is 1. The summed E-state index contributed by atoms with van der Waals surface area (Å²) < 4.78 is 18.6. The van der Waals surface area contributed by atoms with Crippen LogP contribution in [0.3, 0.4) is 0 Å². The molecule has 190 valence electrons. The first kappa shape index (κ1) is 24.5. The van der Waals surface area contributed by atoms with Crippen molar-refractivity contribution < 1.29 is 23.8 Å². The van der Waals surface area contributed by atoms with E-state index in [9.17, 15) is 9.59 Å². The second kappa shape index (κ2) is 10.8. The molecule has 0 fully saturated rings. The van der Waals surface area contributed by atoms with E-state index >= 15 is 0 Å². The lowest BCUT2D eigenvalue weighted by Gasteiger charge is -2.37. The topological polar surface area (TPSA) is 82.9 Å². The van der Waals surface area contributed by atoms with Crippen LogP contribution < -0.4 is 9.64 Å². The summed E-state index contributed by atoms with van der Waals surface area (Å²) in [7, 11) is 1.57. The Morgan fingerprint density at radius 2 is 1.70 bits per heavy atom. The fraction of sp³-hybridized carbons (Fsp3) is 0.276. The van der Waals surface area contributed by atoms with Crippen LogP contribution in [0.5, 0.6) is 5.75 Å². The summed E-state index contributed by atoms with van der Waals surface area (Å²) in [5, 5.41) is 0. The van der Waals surface area contributed by atoms with Crippen LogP contribution in [-0.2, 0) is 25.7 Å². The highest BCUT2D eigenvalue weighted by molar-refractivity contribution is 6.08. The molecule has 1 amide bonds. The lowest BCUT2D eigenvalue weighted by atomic mass is 9.89. The number of benzene rings is 3. The SMILES string of the molecule is CCOC(=O)[C@H]1C(=O)N(CCOC)c2nc3ccccc3n2[C@H]1c1ccc(OCc2ccccc2)cc1. The number of ether oxygens (including phenoxy) is 3. The number of imidazole rings is 1. The van der Waals surface area contributed by atoms with Gasteiger partial charge in [-0.1, -0.05) is 54.6 Å². The zero-order chi connectivity index (χ0) is 25.8. The van der Waals surface area contributed by atoms with Gasteiger partial charge in [0.15, 0.2) is 5.92 Å². The van der Waals surface area contributed by atoms with Gasteiger partial charge in [-0.15, -0.1) is 0 Å². The van der Waals surface area contributed by atoms with Crippen molar-refractivity contribution in [2.24, 2.45) is 5.92 Å². The minimum absolute atomic E-state index is 0.178. The van der Waals surface area contributed by atoms with Gasteiger partial charge < -0.3 is 18.8 Å². The summed E-state index contributed by atoms with van der Waals surface area (Å²) in [6, 6.07) is 24.5. The quantitative estimate of drug-likeness (QED) is 0.251. The smallest absolute Gasteiger partial charge is 0.321 e. The summed E-state index contributed by atoms with van der Waals surface area (Å²) in [5.41, 5.74) is 3.42. The van der Waals surface area contributed by atoms with E-state index in [1.807, 2.05) is 83.4 Å². The van der Waals surface area contributed by atoms with E-state index in [0.717, 1.165) is 22.2 Å². The van der Waals surface area contributed by atoms with Crippen LogP contribution in [0.2, 0.25) is 0 Å². The molecular formula is C29H29N3O5. The molecule has 0 saturated heterocycles. The average molecular weight is 500 g/mol. The largest absolute Gasteiger partial charge is 0.489 e. The van der Waals surface area contributed by atoms with Gasteiger partial charge in [-0.3, -0.25) is 14.5 Å². The zero-order valence-electron chi connectivity index (χ0n) is 20.9. The van der Waals surface area contributed by atoms with Crippen molar-refractivity contribution >= 4 is 28.9 Å². The number of rotatable bonds is 9. The van der Waals surface area contributed by atoms with Crippen molar-refractivity contribution in [2.75, 3.05) is 31.8 Å². The maximum Gasteiger partial charge on any atom is 0.321 e. The molecule has 1 aliphatic rings. The van der Waals surface area contributed by atoms with Gasteiger partial charge in [0, 0.05) is 7.11 Å². The molecule has 0 saturated carbocycles. The number of carbonyl (C=O) groups is 2. The summed E-state index contributed by atoms with van der Waals surface area (Å²) in [6.07, 6.45) is 0. The van der Waals surface area contributed by atoms with Crippen LogP contribution in [0.1, 0.15) is 24.1 Å². The number of fused-ring (bicyclic) bond motifs is 3. The Labute approximate surface area is 215 Å². The van der Waals surface area contributed by atoms with Crippen molar-refractivity contribution in [3.63, 3.8) is 0 Å². The maximum absolute atomic E-state index is 13.8. The highest BCUT2D eigenvalue weighted by Gasteiger charge is 2.47. The highest BCUT2D eigenvalue weighted by atomic mass is 16.5. The van der Waals surface area contributed by atoms with Gasteiger partial charge in [-0.05, 0) is 42.3 Å². The first-order valence-corrected chi connectivity index (χ1v) is 12.3. The van der Waals surface area contributed by atoms with Crippen LogP contribution in [0.4, 0.5) is 5.95 Å². The number of para-hydroxylation sites is 2. The number of hydrogen-bond donors (Lipinski definition) is 0. The molecule has 0 radical (unpaired) electrons. The second-order valence-corrected chi connectivity index (χ2v) is 8.77. The number of amides is 1. The van der Waals surface area contributed by atoms with Crippen LogP contribution >= 0.6 is 0 Å². The number of methoxy groups -OCH3 is 1. The predicted octanol–water partition coefficient (Wildman–Crippen LogP) is 4.38. The zero-order valence-corrected chi connectivity index (χ0v) is 20.9. The average Bonchev–Trinajstić information content (AvgIpc) is 3.31. The van der Waals surface area contributed by atoms with Crippen LogP contribution in [0.25, 0.3) is 11.0 Å². The van der Waals surface area contributed by atoms with E-state index < -0.39 is 17.9 Å². The van der Waals surface area contributed by atoms with Crippen molar-refractivity contribution in [1.82, 2.24) is 9.55 Å². The van der Waals surface area contributed by atoms with Crippen molar-refractivity contribution in [3.05, 3.63) is 90.0 Å². The molecular weight excluding hydrogens is 470 g/mol. The van der Waals surface area contributed by atoms with Crippen molar-refractivity contribution in [3.8, 4) is 5.75 Å². The first-order chi connectivity index (χ1) is 18.1. The van der Waals surface area contributed by atoms with E-state index in [2.05, 4.69) is 0 Å². The second-order valence-electron chi connectivity index (χ2n) is 8.77. The van der Waals surface area contributed by atoms with Gasteiger partial charge in [0.1, 0.15) is 12.4 Å². The lowest BCUT2D eigenvalue weighted by molar-refractivity contribution is -0.153. The molecule has 1 aliphatic heterocycles. The minimum atomic E-state index is -1.07. The summed E-state index contributed by atoms with van der Waals surface area (Å²) in [6.45, 7) is 2.94. The molecule has 0 N–H and O–H groups in total. The van der Waals surface area contributed by atoms with E-state index in [1.54, 1.807) is 14.0 Å². The number of aromatic nitrogens is 2. The Bertz CT molecular complexity index is 1380. The van der Waals surface area contributed by atoms with Gasteiger partial charge >= 0.3 is 5.97 Å². The van der Waals surface area contributed by atoms with Crippen molar-refractivity contribution in [2.45, 2.75) is 19.6 Å². The molecule has 8 nitrogen and oxygen atoms in total. The Kier molecular flexibility index (Phi) is 7.18.